The zero-order chi connectivity index (χ0) is 14.8. The third-order valence-corrected chi connectivity index (χ3v) is 4.49. The molecule has 0 heterocycles. The van der Waals surface area contributed by atoms with E-state index in [2.05, 4.69) is 36.5 Å². The molecule has 1 aliphatic carbocycles. The monoisotopic (exact) mass is 301 g/mol. The van der Waals surface area contributed by atoms with Gasteiger partial charge in [-0.05, 0) is 43.4 Å². The van der Waals surface area contributed by atoms with Gasteiger partial charge >= 0.3 is 0 Å². The summed E-state index contributed by atoms with van der Waals surface area (Å²) in [7, 11) is 1.64. The maximum absolute atomic E-state index is 6.05. The number of methoxy groups -OCH3 is 1. The van der Waals surface area contributed by atoms with Crippen LogP contribution in [0.3, 0.4) is 0 Å². The number of benzene rings is 2. The summed E-state index contributed by atoms with van der Waals surface area (Å²) in [6, 6.07) is 15.2. The van der Waals surface area contributed by atoms with Crippen molar-refractivity contribution in [3.8, 4) is 5.75 Å². The lowest BCUT2D eigenvalue weighted by atomic mass is 9.75. The lowest BCUT2D eigenvalue weighted by Gasteiger charge is -2.37. The molecule has 1 saturated carbocycles. The van der Waals surface area contributed by atoms with Crippen molar-refractivity contribution >= 4 is 17.3 Å². The van der Waals surface area contributed by atoms with Crippen LogP contribution in [0, 0.1) is 6.92 Å². The minimum absolute atomic E-state index is 0.529. The maximum atomic E-state index is 6.05. The van der Waals surface area contributed by atoms with Gasteiger partial charge in [0.15, 0.2) is 0 Å². The molecule has 3 heteroatoms. The molecule has 1 aliphatic rings. The van der Waals surface area contributed by atoms with Crippen LogP contribution in [0.1, 0.15) is 29.9 Å². The summed E-state index contributed by atoms with van der Waals surface area (Å²) in [5.41, 5.74) is 3.87. The standard InChI is InChI=1S/C18H20ClNO/c1-12-4-3-5-13(8-12)14-9-16(10-14)20-15-6-7-17(19)18(11-15)21-2/h3-8,11,14,16,20H,9-10H2,1-2H3. The molecule has 1 N–H and O–H groups in total. The Hall–Kier alpha value is -1.67. The molecule has 0 bridgehead atoms. The van der Waals surface area contributed by atoms with Gasteiger partial charge in [-0.3, -0.25) is 0 Å². The first-order valence-electron chi connectivity index (χ1n) is 7.32. The fourth-order valence-electron chi connectivity index (χ4n) is 2.92. The third kappa shape index (κ3) is 3.16. The van der Waals surface area contributed by atoms with Gasteiger partial charge in [0.05, 0.1) is 12.1 Å². The largest absolute Gasteiger partial charge is 0.495 e. The van der Waals surface area contributed by atoms with E-state index in [9.17, 15) is 0 Å². The van der Waals surface area contributed by atoms with E-state index in [-0.39, 0.29) is 0 Å². The molecule has 2 aromatic rings. The van der Waals surface area contributed by atoms with Crippen molar-refractivity contribution in [1.82, 2.24) is 0 Å². The Balaban J connectivity index is 1.60. The summed E-state index contributed by atoms with van der Waals surface area (Å²) in [4.78, 5) is 0. The van der Waals surface area contributed by atoms with Gasteiger partial charge in [0, 0.05) is 17.8 Å². The second kappa shape index (κ2) is 5.98. The van der Waals surface area contributed by atoms with Crippen LogP contribution in [0.15, 0.2) is 42.5 Å². The van der Waals surface area contributed by atoms with Crippen LogP contribution in [0.2, 0.25) is 5.02 Å². The quantitative estimate of drug-likeness (QED) is 0.856. The number of anilines is 1. The van der Waals surface area contributed by atoms with E-state index >= 15 is 0 Å². The predicted octanol–water partition coefficient (Wildman–Crippen LogP) is 5.02. The lowest BCUT2D eigenvalue weighted by molar-refractivity contribution is 0.373. The fourth-order valence-corrected chi connectivity index (χ4v) is 3.11. The minimum Gasteiger partial charge on any atom is -0.495 e. The predicted molar refractivity (Wildman–Crippen MR) is 88.6 cm³/mol. The van der Waals surface area contributed by atoms with Crippen molar-refractivity contribution in [2.45, 2.75) is 31.7 Å². The molecule has 1 fully saturated rings. The molecule has 0 aliphatic heterocycles. The van der Waals surface area contributed by atoms with Gasteiger partial charge < -0.3 is 10.1 Å². The highest BCUT2D eigenvalue weighted by molar-refractivity contribution is 6.32. The fraction of sp³-hybridized carbons (Fsp3) is 0.333. The Morgan fingerprint density at radius 3 is 2.67 bits per heavy atom. The van der Waals surface area contributed by atoms with Gasteiger partial charge in [-0.2, -0.15) is 0 Å². The molecule has 21 heavy (non-hydrogen) atoms. The Morgan fingerprint density at radius 2 is 1.95 bits per heavy atom. The zero-order valence-electron chi connectivity index (χ0n) is 12.4. The Morgan fingerprint density at radius 1 is 1.14 bits per heavy atom. The third-order valence-electron chi connectivity index (χ3n) is 4.17. The number of hydrogen-bond donors (Lipinski definition) is 1. The molecule has 0 radical (unpaired) electrons. The van der Waals surface area contributed by atoms with Gasteiger partial charge in [-0.1, -0.05) is 41.4 Å². The first kappa shape index (κ1) is 14.3. The van der Waals surface area contributed by atoms with Crippen LogP contribution in [-0.2, 0) is 0 Å². The zero-order valence-corrected chi connectivity index (χ0v) is 13.2. The highest BCUT2D eigenvalue weighted by atomic mass is 35.5. The van der Waals surface area contributed by atoms with Crippen LogP contribution >= 0.6 is 11.6 Å². The molecule has 2 nitrogen and oxygen atoms in total. The van der Waals surface area contributed by atoms with Crippen molar-refractivity contribution in [3.63, 3.8) is 0 Å². The van der Waals surface area contributed by atoms with E-state index in [0.29, 0.717) is 17.0 Å². The average Bonchev–Trinajstić information content (AvgIpc) is 2.44. The smallest absolute Gasteiger partial charge is 0.139 e. The molecule has 2 aromatic carbocycles. The van der Waals surface area contributed by atoms with Crippen LogP contribution in [0.5, 0.6) is 5.75 Å². The van der Waals surface area contributed by atoms with E-state index in [1.165, 1.54) is 24.0 Å². The summed E-state index contributed by atoms with van der Waals surface area (Å²) in [5, 5.41) is 4.20. The Bertz CT molecular complexity index is 635. The van der Waals surface area contributed by atoms with E-state index < -0.39 is 0 Å². The van der Waals surface area contributed by atoms with Crippen LogP contribution in [0.25, 0.3) is 0 Å². The average molecular weight is 302 g/mol. The topological polar surface area (TPSA) is 21.3 Å². The highest BCUT2D eigenvalue weighted by Crippen LogP contribution is 2.39. The first-order valence-corrected chi connectivity index (χ1v) is 7.70. The normalized spacial score (nSPS) is 20.7. The summed E-state index contributed by atoms with van der Waals surface area (Å²) >= 11 is 6.05. The number of aryl methyl sites for hydroxylation is 1. The molecule has 110 valence electrons. The van der Waals surface area contributed by atoms with Gasteiger partial charge in [0.25, 0.3) is 0 Å². The molecular formula is C18H20ClNO. The number of halogens is 1. The lowest BCUT2D eigenvalue weighted by Crippen LogP contribution is -2.34. The van der Waals surface area contributed by atoms with Crippen molar-refractivity contribution < 1.29 is 4.74 Å². The first-order chi connectivity index (χ1) is 10.2. The molecule has 3 rings (SSSR count). The molecule has 0 atom stereocenters. The summed E-state index contributed by atoms with van der Waals surface area (Å²) in [5.74, 6) is 1.40. The Labute approximate surface area is 131 Å². The van der Waals surface area contributed by atoms with Gasteiger partial charge in [-0.15, -0.1) is 0 Å². The second-order valence-corrected chi connectivity index (χ2v) is 6.18. The molecule has 0 saturated heterocycles. The number of nitrogens with one attached hydrogen (secondary N) is 1. The number of rotatable bonds is 4. The van der Waals surface area contributed by atoms with Crippen molar-refractivity contribution in [1.29, 1.82) is 0 Å². The van der Waals surface area contributed by atoms with E-state index in [1.54, 1.807) is 7.11 Å². The molecular weight excluding hydrogens is 282 g/mol. The SMILES string of the molecule is COc1cc(NC2CC(c3cccc(C)c3)C2)ccc1Cl. The minimum atomic E-state index is 0.529. The van der Waals surface area contributed by atoms with Crippen molar-refractivity contribution in [3.05, 3.63) is 58.6 Å². The summed E-state index contributed by atoms with van der Waals surface area (Å²) < 4.78 is 5.25. The van der Waals surface area contributed by atoms with Crippen molar-refractivity contribution in [2.24, 2.45) is 0 Å². The second-order valence-electron chi connectivity index (χ2n) is 5.77. The van der Waals surface area contributed by atoms with Gasteiger partial charge in [-0.25, -0.2) is 0 Å². The van der Waals surface area contributed by atoms with Gasteiger partial charge in [0.2, 0.25) is 0 Å². The number of hydrogen-bond acceptors (Lipinski definition) is 2. The van der Waals surface area contributed by atoms with Gasteiger partial charge in [0.1, 0.15) is 5.75 Å². The van der Waals surface area contributed by atoms with Crippen molar-refractivity contribution in [2.75, 3.05) is 12.4 Å². The van der Waals surface area contributed by atoms with E-state index in [0.717, 1.165) is 11.4 Å². The van der Waals surface area contributed by atoms with E-state index in [1.807, 2.05) is 18.2 Å². The molecule has 0 spiro atoms. The van der Waals surface area contributed by atoms with Crippen LogP contribution < -0.4 is 10.1 Å². The highest BCUT2D eigenvalue weighted by Gasteiger charge is 2.30. The van der Waals surface area contributed by atoms with E-state index in [4.69, 9.17) is 16.3 Å². The Kier molecular flexibility index (Phi) is 4.07. The van der Waals surface area contributed by atoms with Crippen LogP contribution in [-0.4, -0.2) is 13.2 Å². The molecule has 0 amide bonds. The number of ether oxygens (including phenoxy) is 1. The van der Waals surface area contributed by atoms with Crippen LogP contribution in [0.4, 0.5) is 5.69 Å². The summed E-state index contributed by atoms with van der Waals surface area (Å²) in [6.07, 6.45) is 2.35. The summed E-state index contributed by atoms with van der Waals surface area (Å²) in [6.45, 7) is 2.15. The maximum Gasteiger partial charge on any atom is 0.139 e. The molecule has 0 unspecified atom stereocenters. The molecule has 0 aromatic heterocycles.